The minimum absolute atomic E-state index is 0.0286. The van der Waals surface area contributed by atoms with E-state index in [9.17, 15) is 24.5 Å². The maximum absolute atomic E-state index is 11.9. The van der Waals surface area contributed by atoms with Crippen LogP contribution in [0.5, 0.6) is 0 Å². The highest BCUT2D eigenvalue weighted by Crippen LogP contribution is 2.15. The number of carbonyl (C=O) groups excluding carboxylic acids is 2. The van der Waals surface area contributed by atoms with Crippen molar-refractivity contribution >= 4 is 23.5 Å². The molecule has 0 aliphatic heterocycles. The Labute approximate surface area is 144 Å². The summed E-state index contributed by atoms with van der Waals surface area (Å²) >= 11 is 0. The van der Waals surface area contributed by atoms with Gasteiger partial charge in [-0.25, -0.2) is 0 Å². The van der Waals surface area contributed by atoms with Crippen LogP contribution in [0, 0.1) is 16.0 Å². The molecule has 0 aliphatic rings. The molecule has 1 unspecified atom stereocenters. The fourth-order valence-corrected chi connectivity index (χ4v) is 2.17. The van der Waals surface area contributed by atoms with Gasteiger partial charge in [-0.05, 0) is 18.9 Å². The van der Waals surface area contributed by atoms with E-state index in [0.29, 0.717) is 6.42 Å². The van der Waals surface area contributed by atoms with E-state index in [0.717, 1.165) is 18.9 Å². The molecular formula is C16H21N3O6. The molecule has 0 bridgehead atoms. The van der Waals surface area contributed by atoms with Gasteiger partial charge in [0.15, 0.2) is 0 Å². The first-order valence-corrected chi connectivity index (χ1v) is 7.91. The second kappa shape index (κ2) is 10.0. The van der Waals surface area contributed by atoms with E-state index >= 15 is 0 Å². The molecule has 0 saturated carbocycles. The quantitative estimate of drug-likeness (QED) is 0.459. The SMILES string of the molecule is CCCCC(CCC(=O)NNC(=O)c1cccc([N+](=O)[O-])c1)C(=O)O. The van der Waals surface area contributed by atoms with Crippen LogP contribution >= 0.6 is 0 Å². The van der Waals surface area contributed by atoms with Gasteiger partial charge in [-0.2, -0.15) is 0 Å². The van der Waals surface area contributed by atoms with Crippen molar-refractivity contribution in [2.75, 3.05) is 0 Å². The summed E-state index contributed by atoms with van der Waals surface area (Å²) in [6.45, 7) is 1.95. The number of hydrogen-bond donors (Lipinski definition) is 3. The Morgan fingerprint density at radius 1 is 1.24 bits per heavy atom. The van der Waals surface area contributed by atoms with Gasteiger partial charge in [0.2, 0.25) is 5.91 Å². The molecule has 1 aromatic carbocycles. The molecule has 1 rings (SSSR count). The molecule has 3 N–H and O–H groups in total. The Hall–Kier alpha value is -2.97. The van der Waals surface area contributed by atoms with E-state index in [1.807, 2.05) is 6.92 Å². The number of nitrogens with zero attached hydrogens (tertiary/aromatic N) is 1. The Balaban J connectivity index is 2.47. The summed E-state index contributed by atoms with van der Waals surface area (Å²) in [7, 11) is 0. The molecule has 0 saturated heterocycles. The van der Waals surface area contributed by atoms with Crippen molar-refractivity contribution in [3.8, 4) is 0 Å². The van der Waals surface area contributed by atoms with Crippen LogP contribution in [0.25, 0.3) is 0 Å². The average Bonchev–Trinajstić information content (AvgIpc) is 2.59. The third-order valence-electron chi connectivity index (χ3n) is 3.61. The number of rotatable bonds is 9. The fourth-order valence-electron chi connectivity index (χ4n) is 2.17. The topological polar surface area (TPSA) is 139 Å². The van der Waals surface area contributed by atoms with Crippen molar-refractivity contribution in [2.24, 2.45) is 5.92 Å². The van der Waals surface area contributed by atoms with Crippen LogP contribution < -0.4 is 10.9 Å². The second-order valence-electron chi connectivity index (χ2n) is 5.53. The summed E-state index contributed by atoms with van der Waals surface area (Å²) in [6, 6.07) is 5.07. The molecular weight excluding hydrogens is 330 g/mol. The number of nitrogens with one attached hydrogen (secondary N) is 2. The summed E-state index contributed by atoms with van der Waals surface area (Å²) < 4.78 is 0. The summed E-state index contributed by atoms with van der Waals surface area (Å²) in [5.41, 5.74) is 4.12. The largest absolute Gasteiger partial charge is 0.481 e. The molecule has 1 atom stereocenters. The van der Waals surface area contributed by atoms with Gasteiger partial charge in [0.05, 0.1) is 10.8 Å². The van der Waals surface area contributed by atoms with E-state index in [-0.39, 0.29) is 24.1 Å². The number of nitro benzene ring substituents is 1. The third kappa shape index (κ3) is 6.98. The number of amides is 2. The number of carboxylic acid groups (broad SMARTS) is 1. The van der Waals surface area contributed by atoms with Crippen LogP contribution in [0.1, 0.15) is 49.4 Å². The zero-order valence-electron chi connectivity index (χ0n) is 13.9. The van der Waals surface area contributed by atoms with Crippen LogP contribution in [0.2, 0.25) is 0 Å². The van der Waals surface area contributed by atoms with Crippen molar-refractivity contribution in [1.29, 1.82) is 0 Å². The summed E-state index contributed by atoms with van der Waals surface area (Å²) in [5, 5.41) is 19.8. The Bertz CT molecular complexity index is 647. The van der Waals surface area contributed by atoms with E-state index in [1.165, 1.54) is 18.2 Å². The van der Waals surface area contributed by atoms with Gasteiger partial charge in [-0.3, -0.25) is 35.3 Å². The first-order chi connectivity index (χ1) is 11.8. The van der Waals surface area contributed by atoms with Gasteiger partial charge >= 0.3 is 5.97 Å². The molecule has 0 radical (unpaired) electrons. The zero-order valence-corrected chi connectivity index (χ0v) is 13.9. The van der Waals surface area contributed by atoms with Gasteiger partial charge in [-0.15, -0.1) is 0 Å². The lowest BCUT2D eigenvalue weighted by Gasteiger charge is -2.12. The number of carbonyl (C=O) groups is 3. The molecule has 9 nitrogen and oxygen atoms in total. The molecule has 0 heterocycles. The number of aliphatic carboxylic acids is 1. The normalized spacial score (nSPS) is 11.4. The standard InChI is InChI=1S/C16H21N3O6/c1-2-3-5-11(16(22)23)8-9-14(20)17-18-15(21)12-6-4-7-13(10-12)19(24)25/h4,6-7,10-11H,2-3,5,8-9H2,1H3,(H,17,20)(H,18,21)(H,22,23). The number of nitro groups is 1. The van der Waals surface area contributed by atoms with E-state index in [4.69, 9.17) is 5.11 Å². The number of carboxylic acids is 1. The Kier molecular flexibility index (Phi) is 8.04. The molecule has 136 valence electrons. The van der Waals surface area contributed by atoms with Gasteiger partial charge in [0.25, 0.3) is 11.6 Å². The minimum Gasteiger partial charge on any atom is -0.481 e. The fraction of sp³-hybridized carbons (Fsp3) is 0.438. The monoisotopic (exact) mass is 351 g/mol. The zero-order chi connectivity index (χ0) is 18.8. The highest BCUT2D eigenvalue weighted by atomic mass is 16.6. The van der Waals surface area contributed by atoms with Crippen LogP contribution in [0.3, 0.4) is 0 Å². The van der Waals surface area contributed by atoms with Gasteiger partial charge in [0.1, 0.15) is 0 Å². The van der Waals surface area contributed by atoms with Crippen molar-refractivity contribution in [3.05, 3.63) is 39.9 Å². The minimum atomic E-state index is -0.943. The molecule has 0 aliphatic carbocycles. The first kappa shape index (κ1) is 20.1. The molecule has 1 aromatic rings. The van der Waals surface area contributed by atoms with E-state index < -0.39 is 28.6 Å². The Morgan fingerprint density at radius 3 is 2.56 bits per heavy atom. The van der Waals surface area contributed by atoms with Gasteiger partial charge < -0.3 is 5.11 Å². The maximum Gasteiger partial charge on any atom is 0.306 e. The van der Waals surface area contributed by atoms with Crippen molar-refractivity contribution in [2.45, 2.75) is 39.0 Å². The molecule has 25 heavy (non-hydrogen) atoms. The molecule has 0 spiro atoms. The smallest absolute Gasteiger partial charge is 0.306 e. The van der Waals surface area contributed by atoms with Crippen molar-refractivity contribution < 1.29 is 24.4 Å². The maximum atomic E-state index is 11.9. The van der Waals surface area contributed by atoms with Crippen LogP contribution in [0.15, 0.2) is 24.3 Å². The lowest BCUT2D eigenvalue weighted by atomic mass is 9.97. The van der Waals surface area contributed by atoms with Gasteiger partial charge in [0, 0.05) is 24.1 Å². The lowest BCUT2D eigenvalue weighted by molar-refractivity contribution is -0.384. The lowest BCUT2D eigenvalue weighted by Crippen LogP contribution is -2.41. The number of hydrazine groups is 1. The second-order valence-corrected chi connectivity index (χ2v) is 5.53. The third-order valence-corrected chi connectivity index (χ3v) is 3.61. The molecule has 9 heteroatoms. The highest BCUT2D eigenvalue weighted by molar-refractivity contribution is 5.95. The van der Waals surface area contributed by atoms with Crippen molar-refractivity contribution in [3.63, 3.8) is 0 Å². The van der Waals surface area contributed by atoms with Crippen LogP contribution in [-0.4, -0.2) is 27.8 Å². The molecule has 2 amide bonds. The van der Waals surface area contributed by atoms with Crippen LogP contribution in [-0.2, 0) is 9.59 Å². The predicted molar refractivity (Wildman–Crippen MR) is 88.6 cm³/mol. The summed E-state index contributed by atoms with van der Waals surface area (Å²) in [4.78, 5) is 44.7. The average molecular weight is 351 g/mol. The number of hydrogen-bond acceptors (Lipinski definition) is 5. The molecule has 0 aromatic heterocycles. The number of non-ortho nitro benzene ring substituents is 1. The summed E-state index contributed by atoms with van der Waals surface area (Å²) in [6.07, 6.45) is 2.26. The molecule has 0 fully saturated rings. The number of benzene rings is 1. The van der Waals surface area contributed by atoms with Gasteiger partial charge in [-0.1, -0.05) is 25.8 Å². The van der Waals surface area contributed by atoms with E-state index in [2.05, 4.69) is 10.9 Å². The summed E-state index contributed by atoms with van der Waals surface area (Å²) in [5.74, 6) is -2.76. The van der Waals surface area contributed by atoms with E-state index in [1.54, 1.807) is 0 Å². The van der Waals surface area contributed by atoms with Crippen molar-refractivity contribution in [1.82, 2.24) is 10.9 Å². The highest BCUT2D eigenvalue weighted by Gasteiger charge is 2.18. The number of unbranched alkanes of at least 4 members (excludes halogenated alkanes) is 1. The van der Waals surface area contributed by atoms with Crippen LogP contribution in [0.4, 0.5) is 5.69 Å². The predicted octanol–water partition coefficient (Wildman–Crippen LogP) is 2.03. The Morgan fingerprint density at radius 2 is 1.96 bits per heavy atom. The first-order valence-electron chi connectivity index (χ1n) is 7.91.